The number of rotatable bonds is 4. The number of nitrogens with one attached hydrogen (secondary N) is 1. The molecule has 1 unspecified atom stereocenters. The van der Waals surface area contributed by atoms with E-state index in [1.165, 1.54) is 37.1 Å². The summed E-state index contributed by atoms with van der Waals surface area (Å²) in [6.45, 7) is 10.1. The molecule has 1 aliphatic rings. The molecule has 1 atom stereocenters. The average molecular weight is 246 g/mol. The molecule has 0 bridgehead atoms. The Morgan fingerprint density at radius 3 is 2.67 bits per heavy atom. The van der Waals surface area contributed by atoms with Crippen LogP contribution in [-0.4, -0.2) is 30.1 Å². The molecular weight excluding hydrogens is 220 g/mol. The molecule has 1 saturated heterocycles. The Labute approximate surface area is 111 Å². The number of likely N-dealkylation sites (tertiary alicyclic amines) is 1. The summed E-state index contributed by atoms with van der Waals surface area (Å²) in [5.41, 5.74) is 2.78. The Balaban J connectivity index is 1.87. The topological polar surface area (TPSA) is 15.3 Å². The second-order valence-corrected chi connectivity index (χ2v) is 5.88. The van der Waals surface area contributed by atoms with Gasteiger partial charge in [0.15, 0.2) is 0 Å². The molecule has 100 valence electrons. The number of nitrogens with zero attached hydrogens (tertiary/aromatic N) is 1. The van der Waals surface area contributed by atoms with E-state index < -0.39 is 0 Å². The highest BCUT2D eigenvalue weighted by Crippen LogP contribution is 2.14. The van der Waals surface area contributed by atoms with Crippen LogP contribution in [0.25, 0.3) is 0 Å². The first-order valence-corrected chi connectivity index (χ1v) is 7.17. The van der Waals surface area contributed by atoms with E-state index in [0.29, 0.717) is 12.1 Å². The van der Waals surface area contributed by atoms with Gasteiger partial charge in [0, 0.05) is 25.2 Å². The molecule has 0 amide bonds. The lowest BCUT2D eigenvalue weighted by Crippen LogP contribution is -2.47. The van der Waals surface area contributed by atoms with E-state index in [2.05, 4.69) is 55.3 Å². The highest BCUT2D eigenvalue weighted by molar-refractivity contribution is 5.21. The van der Waals surface area contributed by atoms with E-state index in [1.54, 1.807) is 0 Å². The summed E-state index contributed by atoms with van der Waals surface area (Å²) in [6.07, 6.45) is 2.64. The molecule has 0 radical (unpaired) electrons. The van der Waals surface area contributed by atoms with Crippen molar-refractivity contribution in [2.45, 2.75) is 52.2 Å². The average Bonchev–Trinajstić information content (AvgIpc) is 2.32. The summed E-state index contributed by atoms with van der Waals surface area (Å²) in [5.74, 6) is 0. The zero-order valence-corrected chi connectivity index (χ0v) is 11.9. The van der Waals surface area contributed by atoms with Gasteiger partial charge in [-0.25, -0.2) is 0 Å². The van der Waals surface area contributed by atoms with E-state index in [-0.39, 0.29) is 0 Å². The van der Waals surface area contributed by atoms with Crippen LogP contribution in [0.3, 0.4) is 0 Å². The standard InChI is InChI=1S/C16H26N2/c1-13(2)17-16-5-4-10-18(12-16)11-15-8-6-14(3)7-9-15/h6-9,13,16-17H,4-5,10-12H2,1-3H3. The highest BCUT2D eigenvalue weighted by atomic mass is 15.2. The molecule has 0 spiro atoms. The Morgan fingerprint density at radius 1 is 1.28 bits per heavy atom. The van der Waals surface area contributed by atoms with Crippen molar-refractivity contribution < 1.29 is 0 Å². The first kappa shape index (κ1) is 13.6. The molecule has 0 aromatic heterocycles. The number of benzene rings is 1. The van der Waals surface area contributed by atoms with Gasteiger partial charge < -0.3 is 5.32 Å². The van der Waals surface area contributed by atoms with Crippen molar-refractivity contribution in [3.8, 4) is 0 Å². The molecule has 2 rings (SSSR count). The molecule has 0 saturated carbocycles. The zero-order chi connectivity index (χ0) is 13.0. The number of hydrogen-bond acceptors (Lipinski definition) is 2. The molecule has 18 heavy (non-hydrogen) atoms. The van der Waals surface area contributed by atoms with Crippen molar-refractivity contribution in [1.29, 1.82) is 0 Å². The van der Waals surface area contributed by atoms with Crippen LogP contribution in [0.5, 0.6) is 0 Å². The maximum atomic E-state index is 3.66. The van der Waals surface area contributed by atoms with E-state index in [1.807, 2.05) is 0 Å². The molecular formula is C16H26N2. The monoisotopic (exact) mass is 246 g/mol. The van der Waals surface area contributed by atoms with Gasteiger partial charge in [0.1, 0.15) is 0 Å². The van der Waals surface area contributed by atoms with Gasteiger partial charge in [-0.05, 0) is 31.9 Å². The van der Waals surface area contributed by atoms with Crippen LogP contribution < -0.4 is 5.32 Å². The Kier molecular flexibility index (Phi) is 4.79. The minimum Gasteiger partial charge on any atom is -0.311 e. The molecule has 1 aliphatic heterocycles. The van der Waals surface area contributed by atoms with Crippen LogP contribution in [0.4, 0.5) is 0 Å². The third-order valence-electron chi connectivity index (χ3n) is 3.60. The summed E-state index contributed by atoms with van der Waals surface area (Å²) in [6, 6.07) is 10.2. The lowest BCUT2D eigenvalue weighted by Gasteiger charge is -2.34. The number of aryl methyl sites for hydroxylation is 1. The maximum absolute atomic E-state index is 3.66. The predicted molar refractivity (Wildman–Crippen MR) is 77.7 cm³/mol. The number of hydrogen-bond donors (Lipinski definition) is 1. The summed E-state index contributed by atoms with van der Waals surface area (Å²) >= 11 is 0. The van der Waals surface area contributed by atoms with E-state index >= 15 is 0 Å². The van der Waals surface area contributed by atoms with Crippen molar-refractivity contribution in [1.82, 2.24) is 10.2 Å². The lowest BCUT2D eigenvalue weighted by atomic mass is 10.0. The van der Waals surface area contributed by atoms with E-state index in [4.69, 9.17) is 0 Å². The SMILES string of the molecule is Cc1ccc(CN2CCCC(NC(C)C)C2)cc1. The largest absolute Gasteiger partial charge is 0.311 e. The molecule has 1 fully saturated rings. The van der Waals surface area contributed by atoms with E-state index in [9.17, 15) is 0 Å². The first-order chi connectivity index (χ1) is 8.63. The molecule has 2 heteroatoms. The van der Waals surface area contributed by atoms with Gasteiger partial charge in [-0.15, -0.1) is 0 Å². The Bertz CT molecular complexity index is 356. The fourth-order valence-corrected chi connectivity index (χ4v) is 2.76. The van der Waals surface area contributed by atoms with Crippen LogP contribution in [-0.2, 0) is 6.54 Å². The van der Waals surface area contributed by atoms with Gasteiger partial charge in [0.2, 0.25) is 0 Å². The third kappa shape index (κ3) is 4.11. The van der Waals surface area contributed by atoms with Crippen LogP contribution in [0, 0.1) is 6.92 Å². The number of piperidine rings is 1. The van der Waals surface area contributed by atoms with Gasteiger partial charge >= 0.3 is 0 Å². The van der Waals surface area contributed by atoms with Crippen molar-refractivity contribution in [3.63, 3.8) is 0 Å². The van der Waals surface area contributed by atoms with E-state index in [0.717, 1.165) is 6.54 Å². The van der Waals surface area contributed by atoms with Crippen LogP contribution in [0.15, 0.2) is 24.3 Å². The Hall–Kier alpha value is -0.860. The van der Waals surface area contributed by atoms with Crippen molar-refractivity contribution >= 4 is 0 Å². The lowest BCUT2D eigenvalue weighted by molar-refractivity contribution is 0.178. The molecule has 1 N–H and O–H groups in total. The third-order valence-corrected chi connectivity index (χ3v) is 3.60. The van der Waals surface area contributed by atoms with Gasteiger partial charge in [0.25, 0.3) is 0 Å². The fraction of sp³-hybridized carbons (Fsp3) is 0.625. The normalized spacial score (nSPS) is 21.4. The predicted octanol–water partition coefficient (Wildman–Crippen LogP) is 2.96. The van der Waals surface area contributed by atoms with Crippen LogP contribution in [0.2, 0.25) is 0 Å². The maximum Gasteiger partial charge on any atom is 0.0234 e. The van der Waals surface area contributed by atoms with Crippen molar-refractivity contribution in [3.05, 3.63) is 35.4 Å². The summed E-state index contributed by atoms with van der Waals surface area (Å²) < 4.78 is 0. The fourth-order valence-electron chi connectivity index (χ4n) is 2.76. The van der Waals surface area contributed by atoms with Gasteiger partial charge in [-0.3, -0.25) is 4.90 Å². The highest BCUT2D eigenvalue weighted by Gasteiger charge is 2.19. The molecule has 1 aromatic carbocycles. The smallest absolute Gasteiger partial charge is 0.0234 e. The van der Waals surface area contributed by atoms with Gasteiger partial charge in [-0.1, -0.05) is 43.7 Å². The summed E-state index contributed by atoms with van der Waals surface area (Å²) in [4.78, 5) is 2.58. The minimum atomic E-state index is 0.592. The zero-order valence-electron chi connectivity index (χ0n) is 11.9. The van der Waals surface area contributed by atoms with Gasteiger partial charge in [0.05, 0.1) is 0 Å². The quantitative estimate of drug-likeness (QED) is 0.878. The second-order valence-electron chi connectivity index (χ2n) is 5.88. The molecule has 2 nitrogen and oxygen atoms in total. The van der Waals surface area contributed by atoms with Gasteiger partial charge in [-0.2, -0.15) is 0 Å². The second kappa shape index (κ2) is 6.35. The molecule has 0 aliphatic carbocycles. The first-order valence-electron chi connectivity index (χ1n) is 7.17. The van der Waals surface area contributed by atoms with Crippen LogP contribution >= 0.6 is 0 Å². The van der Waals surface area contributed by atoms with Crippen molar-refractivity contribution in [2.75, 3.05) is 13.1 Å². The van der Waals surface area contributed by atoms with Crippen molar-refractivity contribution in [2.24, 2.45) is 0 Å². The molecule has 1 aromatic rings. The Morgan fingerprint density at radius 2 is 2.00 bits per heavy atom. The summed E-state index contributed by atoms with van der Waals surface area (Å²) in [7, 11) is 0. The van der Waals surface area contributed by atoms with Crippen LogP contribution in [0.1, 0.15) is 37.8 Å². The summed E-state index contributed by atoms with van der Waals surface area (Å²) in [5, 5.41) is 3.66. The molecule has 1 heterocycles. The minimum absolute atomic E-state index is 0.592.